The standard InChI is InChI=1S/C13H17NO3/c1-2-14-13(17)11-7-3-5-10(9-11)6-4-8-12(15)16/h3,5,7,9H,2,4,6,8H2,1H3,(H,14,17)(H,15,16). The van der Waals surface area contributed by atoms with E-state index in [0.29, 0.717) is 24.9 Å². The van der Waals surface area contributed by atoms with Crippen LogP contribution in [0.3, 0.4) is 0 Å². The summed E-state index contributed by atoms with van der Waals surface area (Å²) in [6, 6.07) is 7.30. The van der Waals surface area contributed by atoms with Crippen molar-refractivity contribution in [2.75, 3.05) is 6.54 Å². The molecule has 0 unspecified atom stereocenters. The minimum absolute atomic E-state index is 0.0902. The highest BCUT2D eigenvalue weighted by atomic mass is 16.4. The van der Waals surface area contributed by atoms with Gasteiger partial charge >= 0.3 is 5.97 Å². The van der Waals surface area contributed by atoms with Gasteiger partial charge < -0.3 is 10.4 Å². The highest BCUT2D eigenvalue weighted by Gasteiger charge is 2.05. The molecule has 1 amide bonds. The van der Waals surface area contributed by atoms with Crippen molar-refractivity contribution in [2.24, 2.45) is 0 Å². The largest absolute Gasteiger partial charge is 0.481 e. The Bertz CT molecular complexity index is 401. The topological polar surface area (TPSA) is 66.4 Å². The summed E-state index contributed by atoms with van der Waals surface area (Å²) in [5, 5.41) is 11.3. The quantitative estimate of drug-likeness (QED) is 0.790. The van der Waals surface area contributed by atoms with Crippen molar-refractivity contribution in [1.29, 1.82) is 0 Å². The molecule has 0 aliphatic carbocycles. The van der Waals surface area contributed by atoms with Crippen molar-refractivity contribution < 1.29 is 14.7 Å². The van der Waals surface area contributed by atoms with E-state index in [2.05, 4.69) is 5.32 Å². The maximum absolute atomic E-state index is 11.6. The van der Waals surface area contributed by atoms with Crippen molar-refractivity contribution in [3.8, 4) is 0 Å². The van der Waals surface area contributed by atoms with Crippen LogP contribution in [0.25, 0.3) is 0 Å². The van der Waals surface area contributed by atoms with Gasteiger partial charge in [-0.05, 0) is 37.5 Å². The normalized spacial score (nSPS) is 9.94. The Labute approximate surface area is 101 Å². The van der Waals surface area contributed by atoms with Crippen LogP contribution in [0.2, 0.25) is 0 Å². The van der Waals surface area contributed by atoms with Gasteiger partial charge in [0.05, 0.1) is 0 Å². The monoisotopic (exact) mass is 235 g/mol. The van der Waals surface area contributed by atoms with E-state index < -0.39 is 5.97 Å². The van der Waals surface area contributed by atoms with Crippen LogP contribution < -0.4 is 5.32 Å². The van der Waals surface area contributed by atoms with Gasteiger partial charge in [0, 0.05) is 18.5 Å². The highest BCUT2D eigenvalue weighted by Crippen LogP contribution is 2.09. The predicted octanol–water partition coefficient (Wildman–Crippen LogP) is 1.84. The first-order valence-corrected chi connectivity index (χ1v) is 5.72. The minimum Gasteiger partial charge on any atom is -0.481 e. The highest BCUT2D eigenvalue weighted by molar-refractivity contribution is 5.94. The maximum Gasteiger partial charge on any atom is 0.303 e. The van der Waals surface area contributed by atoms with Crippen LogP contribution in [0.5, 0.6) is 0 Å². The molecule has 0 bridgehead atoms. The molecular weight excluding hydrogens is 218 g/mol. The zero-order chi connectivity index (χ0) is 12.7. The number of carboxylic acid groups (broad SMARTS) is 1. The maximum atomic E-state index is 11.6. The summed E-state index contributed by atoms with van der Waals surface area (Å²) in [6.07, 6.45) is 1.43. The Morgan fingerprint density at radius 2 is 2.12 bits per heavy atom. The zero-order valence-electron chi connectivity index (χ0n) is 9.90. The Morgan fingerprint density at radius 3 is 2.76 bits per heavy atom. The number of aliphatic carboxylic acids is 1. The first-order chi connectivity index (χ1) is 8.13. The molecule has 0 aliphatic heterocycles. The fraction of sp³-hybridized carbons (Fsp3) is 0.385. The average Bonchev–Trinajstić information content (AvgIpc) is 2.29. The number of carbonyl (C=O) groups excluding carboxylic acids is 1. The molecular formula is C13H17NO3. The summed E-state index contributed by atoms with van der Waals surface area (Å²) in [7, 11) is 0. The van der Waals surface area contributed by atoms with Gasteiger partial charge in [-0.15, -0.1) is 0 Å². The van der Waals surface area contributed by atoms with Crippen molar-refractivity contribution in [3.05, 3.63) is 35.4 Å². The van der Waals surface area contributed by atoms with E-state index in [9.17, 15) is 9.59 Å². The van der Waals surface area contributed by atoms with E-state index >= 15 is 0 Å². The first kappa shape index (κ1) is 13.2. The number of aryl methyl sites for hydroxylation is 1. The molecule has 0 radical (unpaired) electrons. The molecule has 0 aliphatic rings. The Hall–Kier alpha value is -1.84. The number of carboxylic acids is 1. The molecule has 92 valence electrons. The fourth-order valence-electron chi connectivity index (χ4n) is 1.57. The van der Waals surface area contributed by atoms with Crippen LogP contribution in [0.1, 0.15) is 35.7 Å². The Kier molecular flexibility index (Phi) is 5.20. The van der Waals surface area contributed by atoms with Gasteiger partial charge in [-0.1, -0.05) is 12.1 Å². The summed E-state index contributed by atoms with van der Waals surface area (Å²) >= 11 is 0. The van der Waals surface area contributed by atoms with Gasteiger partial charge in [-0.3, -0.25) is 9.59 Å². The SMILES string of the molecule is CCNC(=O)c1cccc(CCCC(=O)O)c1. The van der Waals surface area contributed by atoms with Crippen LogP contribution in [-0.2, 0) is 11.2 Å². The van der Waals surface area contributed by atoms with Crippen molar-refractivity contribution in [3.63, 3.8) is 0 Å². The van der Waals surface area contributed by atoms with Crippen LogP contribution in [0.4, 0.5) is 0 Å². The lowest BCUT2D eigenvalue weighted by molar-refractivity contribution is -0.137. The third-order valence-electron chi connectivity index (χ3n) is 2.38. The summed E-state index contributed by atoms with van der Waals surface area (Å²) < 4.78 is 0. The summed E-state index contributed by atoms with van der Waals surface area (Å²) in [5.74, 6) is -0.877. The third kappa shape index (κ3) is 4.68. The van der Waals surface area contributed by atoms with E-state index in [-0.39, 0.29) is 12.3 Å². The average molecular weight is 235 g/mol. The number of nitrogens with one attached hydrogen (secondary N) is 1. The predicted molar refractivity (Wildman–Crippen MR) is 65.0 cm³/mol. The van der Waals surface area contributed by atoms with E-state index in [1.165, 1.54) is 0 Å². The van der Waals surface area contributed by atoms with Gasteiger partial charge in [0.25, 0.3) is 5.91 Å². The van der Waals surface area contributed by atoms with Crippen molar-refractivity contribution >= 4 is 11.9 Å². The molecule has 0 saturated heterocycles. The molecule has 17 heavy (non-hydrogen) atoms. The molecule has 0 fully saturated rings. The number of hydrogen-bond donors (Lipinski definition) is 2. The fourth-order valence-corrected chi connectivity index (χ4v) is 1.57. The molecule has 1 aromatic rings. The van der Waals surface area contributed by atoms with Crippen LogP contribution >= 0.6 is 0 Å². The molecule has 2 N–H and O–H groups in total. The van der Waals surface area contributed by atoms with Crippen LogP contribution in [0, 0.1) is 0 Å². The van der Waals surface area contributed by atoms with E-state index in [4.69, 9.17) is 5.11 Å². The number of rotatable bonds is 6. The molecule has 0 aromatic heterocycles. The number of benzene rings is 1. The number of hydrogen-bond acceptors (Lipinski definition) is 2. The van der Waals surface area contributed by atoms with Crippen molar-refractivity contribution in [2.45, 2.75) is 26.2 Å². The molecule has 4 nitrogen and oxygen atoms in total. The smallest absolute Gasteiger partial charge is 0.303 e. The number of carbonyl (C=O) groups is 2. The second-order valence-electron chi connectivity index (χ2n) is 3.81. The Balaban J connectivity index is 2.59. The number of amides is 1. The third-order valence-corrected chi connectivity index (χ3v) is 2.38. The van der Waals surface area contributed by atoms with Gasteiger partial charge in [-0.25, -0.2) is 0 Å². The molecule has 0 atom stereocenters. The first-order valence-electron chi connectivity index (χ1n) is 5.72. The molecule has 4 heteroatoms. The lowest BCUT2D eigenvalue weighted by Gasteiger charge is -2.05. The summed E-state index contributed by atoms with van der Waals surface area (Å²) in [5.41, 5.74) is 1.62. The molecule has 0 spiro atoms. The summed E-state index contributed by atoms with van der Waals surface area (Å²) in [6.45, 7) is 2.47. The Morgan fingerprint density at radius 1 is 1.35 bits per heavy atom. The van der Waals surface area contributed by atoms with Crippen LogP contribution in [-0.4, -0.2) is 23.5 Å². The van der Waals surface area contributed by atoms with E-state index in [0.717, 1.165) is 5.56 Å². The van der Waals surface area contributed by atoms with Gasteiger partial charge in [0.2, 0.25) is 0 Å². The molecule has 0 saturated carbocycles. The summed E-state index contributed by atoms with van der Waals surface area (Å²) in [4.78, 5) is 22.0. The second-order valence-corrected chi connectivity index (χ2v) is 3.81. The van der Waals surface area contributed by atoms with Gasteiger partial charge in [0.15, 0.2) is 0 Å². The van der Waals surface area contributed by atoms with Gasteiger partial charge in [0.1, 0.15) is 0 Å². The van der Waals surface area contributed by atoms with Gasteiger partial charge in [-0.2, -0.15) is 0 Å². The lowest BCUT2D eigenvalue weighted by atomic mass is 10.0. The molecule has 1 rings (SSSR count). The van der Waals surface area contributed by atoms with Crippen LogP contribution in [0.15, 0.2) is 24.3 Å². The zero-order valence-corrected chi connectivity index (χ0v) is 9.90. The molecule has 1 aromatic carbocycles. The lowest BCUT2D eigenvalue weighted by Crippen LogP contribution is -2.22. The van der Waals surface area contributed by atoms with Crippen molar-refractivity contribution in [1.82, 2.24) is 5.32 Å². The molecule has 0 heterocycles. The minimum atomic E-state index is -0.787. The van der Waals surface area contributed by atoms with E-state index in [1.54, 1.807) is 6.07 Å². The second kappa shape index (κ2) is 6.68. The van der Waals surface area contributed by atoms with E-state index in [1.807, 2.05) is 25.1 Å².